The fourth-order valence-electron chi connectivity index (χ4n) is 2.17. The van der Waals surface area contributed by atoms with Crippen molar-refractivity contribution in [3.63, 3.8) is 0 Å². The third-order valence-electron chi connectivity index (χ3n) is 3.34. The quantitative estimate of drug-likeness (QED) is 0.799. The van der Waals surface area contributed by atoms with Crippen molar-refractivity contribution in [3.05, 3.63) is 29.8 Å². The number of ether oxygens (including phenoxy) is 1. The van der Waals surface area contributed by atoms with Crippen molar-refractivity contribution in [1.29, 1.82) is 0 Å². The molecule has 5 heteroatoms. The molecule has 116 valence electrons. The topological polar surface area (TPSA) is 66.8 Å². The molecule has 1 N–H and O–H groups in total. The van der Waals surface area contributed by atoms with Gasteiger partial charge in [0, 0.05) is 13.0 Å². The van der Waals surface area contributed by atoms with Gasteiger partial charge in [-0.3, -0.25) is 9.59 Å². The van der Waals surface area contributed by atoms with Crippen LogP contribution in [0.2, 0.25) is 0 Å². The van der Waals surface area contributed by atoms with Gasteiger partial charge < -0.3 is 14.7 Å². The van der Waals surface area contributed by atoms with Crippen LogP contribution in [0.5, 0.6) is 5.75 Å². The average Bonchev–Trinajstić information content (AvgIpc) is 2.46. The molecule has 5 nitrogen and oxygen atoms in total. The smallest absolute Gasteiger partial charge is 0.323 e. The summed E-state index contributed by atoms with van der Waals surface area (Å²) in [5, 5.41) is 8.86. The van der Waals surface area contributed by atoms with Gasteiger partial charge in [-0.25, -0.2) is 0 Å². The van der Waals surface area contributed by atoms with E-state index in [1.807, 2.05) is 38.1 Å². The van der Waals surface area contributed by atoms with E-state index in [0.717, 1.165) is 17.7 Å². The zero-order chi connectivity index (χ0) is 15.8. The Balaban J connectivity index is 2.67. The summed E-state index contributed by atoms with van der Waals surface area (Å²) in [6, 6.07) is 7.57. The highest BCUT2D eigenvalue weighted by Crippen LogP contribution is 2.22. The summed E-state index contributed by atoms with van der Waals surface area (Å²) in [5.41, 5.74) is 1.04. The second-order valence-electron chi connectivity index (χ2n) is 5.09. The van der Waals surface area contributed by atoms with Gasteiger partial charge in [0.15, 0.2) is 0 Å². The molecule has 0 radical (unpaired) electrons. The lowest BCUT2D eigenvalue weighted by Gasteiger charge is -2.22. The number of amides is 1. The number of benzene rings is 1. The number of rotatable bonds is 8. The molecule has 1 atom stereocenters. The number of hydrogen-bond acceptors (Lipinski definition) is 3. The predicted octanol–water partition coefficient (Wildman–Crippen LogP) is 2.51. The minimum atomic E-state index is -0.978. The third kappa shape index (κ3) is 5.45. The van der Waals surface area contributed by atoms with Crippen molar-refractivity contribution in [2.75, 3.05) is 20.2 Å². The standard InChI is InChI=1S/C16H23NO4/c1-4-9-17(11-16(19)20)15(18)10-12(2)13-5-7-14(21-3)8-6-13/h5-8,12H,4,9-11H2,1-3H3,(H,19,20). The van der Waals surface area contributed by atoms with E-state index in [1.54, 1.807) is 7.11 Å². The molecule has 0 heterocycles. The predicted molar refractivity (Wildman–Crippen MR) is 80.5 cm³/mol. The molecule has 0 spiro atoms. The van der Waals surface area contributed by atoms with Crippen molar-refractivity contribution in [2.45, 2.75) is 32.6 Å². The molecule has 1 unspecified atom stereocenters. The minimum absolute atomic E-state index is 0.0385. The van der Waals surface area contributed by atoms with Crippen molar-refractivity contribution >= 4 is 11.9 Å². The molecule has 0 bridgehead atoms. The highest BCUT2D eigenvalue weighted by molar-refractivity contribution is 5.81. The molecular formula is C16H23NO4. The number of carbonyl (C=O) groups excluding carboxylic acids is 1. The first kappa shape index (κ1) is 17.0. The highest BCUT2D eigenvalue weighted by atomic mass is 16.5. The van der Waals surface area contributed by atoms with E-state index in [2.05, 4.69) is 0 Å². The second kappa shape index (κ2) is 8.29. The molecule has 0 saturated heterocycles. The molecule has 0 aliphatic carbocycles. The lowest BCUT2D eigenvalue weighted by Crippen LogP contribution is -2.36. The summed E-state index contributed by atoms with van der Waals surface area (Å²) in [7, 11) is 1.61. The molecule has 0 aromatic heterocycles. The molecule has 21 heavy (non-hydrogen) atoms. The van der Waals surface area contributed by atoms with Crippen LogP contribution in [0.1, 0.15) is 38.2 Å². The summed E-state index contributed by atoms with van der Waals surface area (Å²) in [6.07, 6.45) is 1.05. The summed E-state index contributed by atoms with van der Waals surface area (Å²) in [4.78, 5) is 24.4. The van der Waals surface area contributed by atoms with Gasteiger partial charge in [0.1, 0.15) is 12.3 Å². The van der Waals surface area contributed by atoms with E-state index in [0.29, 0.717) is 13.0 Å². The zero-order valence-corrected chi connectivity index (χ0v) is 12.8. The third-order valence-corrected chi connectivity index (χ3v) is 3.34. The zero-order valence-electron chi connectivity index (χ0n) is 12.8. The number of carbonyl (C=O) groups is 2. The van der Waals surface area contributed by atoms with Crippen LogP contribution < -0.4 is 4.74 Å². The molecular weight excluding hydrogens is 270 g/mol. The van der Waals surface area contributed by atoms with Gasteiger partial charge in [-0.05, 0) is 30.0 Å². The first-order valence-corrected chi connectivity index (χ1v) is 7.11. The Labute approximate surface area is 125 Å². The van der Waals surface area contributed by atoms with Gasteiger partial charge >= 0.3 is 5.97 Å². The van der Waals surface area contributed by atoms with Gasteiger partial charge in [-0.2, -0.15) is 0 Å². The maximum atomic E-state index is 12.2. The molecule has 0 aliphatic heterocycles. The highest BCUT2D eigenvalue weighted by Gasteiger charge is 2.19. The molecule has 0 fully saturated rings. The van der Waals surface area contributed by atoms with Crippen LogP contribution in [-0.4, -0.2) is 42.1 Å². The Bertz CT molecular complexity index is 470. The van der Waals surface area contributed by atoms with E-state index in [9.17, 15) is 9.59 Å². The Kier molecular flexibility index (Phi) is 6.72. The largest absolute Gasteiger partial charge is 0.497 e. The first-order valence-electron chi connectivity index (χ1n) is 7.11. The summed E-state index contributed by atoms with van der Waals surface area (Å²) in [6.45, 7) is 4.13. The number of methoxy groups -OCH3 is 1. The van der Waals surface area contributed by atoms with Gasteiger partial charge in [-0.1, -0.05) is 26.0 Å². The fourth-order valence-corrected chi connectivity index (χ4v) is 2.17. The van der Waals surface area contributed by atoms with E-state index in [-0.39, 0.29) is 18.4 Å². The summed E-state index contributed by atoms with van der Waals surface area (Å²) >= 11 is 0. The van der Waals surface area contributed by atoms with Gasteiger partial charge in [0.2, 0.25) is 5.91 Å². The Morgan fingerprint density at radius 2 is 1.90 bits per heavy atom. The first-order chi connectivity index (χ1) is 9.97. The van der Waals surface area contributed by atoms with Crippen molar-refractivity contribution in [3.8, 4) is 5.75 Å². The van der Waals surface area contributed by atoms with E-state index < -0.39 is 5.97 Å². The number of hydrogen-bond donors (Lipinski definition) is 1. The Hall–Kier alpha value is -2.04. The Morgan fingerprint density at radius 3 is 2.38 bits per heavy atom. The molecule has 0 saturated carbocycles. The number of carboxylic acid groups (broad SMARTS) is 1. The van der Waals surface area contributed by atoms with Crippen LogP contribution >= 0.6 is 0 Å². The van der Waals surface area contributed by atoms with Crippen molar-refractivity contribution in [2.24, 2.45) is 0 Å². The lowest BCUT2D eigenvalue weighted by atomic mass is 9.97. The molecule has 1 aromatic carbocycles. The molecule has 1 amide bonds. The van der Waals surface area contributed by atoms with Crippen LogP contribution in [0.4, 0.5) is 0 Å². The Morgan fingerprint density at radius 1 is 1.29 bits per heavy atom. The molecule has 1 aromatic rings. The van der Waals surface area contributed by atoms with Crippen LogP contribution in [-0.2, 0) is 9.59 Å². The molecule has 1 rings (SSSR count). The number of aliphatic carboxylic acids is 1. The van der Waals surface area contributed by atoms with E-state index >= 15 is 0 Å². The number of carboxylic acids is 1. The van der Waals surface area contributed by atoms with Gasteiger partial charge in [0.05, 0.1) is 7.11 Å². The monoisotopic (exact) mass is 293 g/mol. The van der Waals surface area contributed by atoms with Crippen LogP contribution in [0.3, 0.4) is 0 Å². The van der Waals surface area contributed by atoms with Crippen LogP contribution in [0.15, 0.2) is 24.3 Å². The van der Waals surface area contributed by atoms with Crippen molar-refractivity contribution in [1.82, 2.24) is 4.90 Å². The SMILES string of the molecule is CCCN(CC(=O)O)C(=O)CC(C)c1ccc(OC)cc1. The second-order valence-corrected chi connectivity index (χ2v) is 5.09. The van der Waals surface area contributed by atoms with E-state index in [4.69, 9.17) is 9.84 Å². The maximum Gasteiger partial charge on any atom is 0.323 e. The van der Waals surface area contributed by atoms with E-state index in [1.165, 1.54) is 4.90 Å². The normalized spacial score (nSPS) is 11.8. The lowest BCUT2D eigenvalue weighted by molar-refractivity contribution is -0.144. The van der Waals surface area contributed by atoms with Crippen LogP contribution in [0, 0.1) is 0 Å². The molecule has 0 aliphatic rings. The van der Waals surface area contributed by atoms with Gasteiger partial charge in [-0.15, -0.1) is 0 Å². The van der Waals surface area contributed by atoms with Crippen LogP contribution in [0.25, 0.3) is 0 Å². The average molecular weight is 293 g/mol. The van der Waals surface area contributed by atoms with Gasteiger partial charge in [0.25, 0.3) is 0 Å². The number of nitrogens with zero attached hydrogens (tertiary/aromatic N) is 1. The maximum absolute atomic E-state index is 12.2. The van der Waals surface area contributed by atoms with Crippen molar-refractivity contribution < 1.29 is 19.4 Å². The summed E-state index contributed by atoms with van der Waals surface area (Å²) in [5.74, 6) is -0.288. The minimum Gasteiger partial charge on any atom is -0.497 e. The fraction of sp³-hybridized carbons (Fsp3) is 0.500. The summed E-state index contributed by atoms with van der Waals surface area (Å²) < 4.78 is 5.10.